The molecule has 0 saturated carbocycles. The Hall–Kier alpha value is -2.65. The molecule has 0 bridgehead atoms. The molecule has 2 aromatic carbocycles. The van der Waals surface area contributed by atoms with Crippen molar-refractivity contribution in [3.63, 3.8) is 0 Å². The van der Waals surface area contributed by atoms with E-state index in [9.17, 15) is 27.0 Å². The lowest BCUT2D eigenvalue weighted by molar-refractivity contribution is -0.0312. The zero-order valence-corrected chi connectivity index (χ0v) is 26.0. The van der Waals surface area contributed by atoms with Crippen molar-refractivity contribution in [2.75, 3.05) is 39.5 Å². The molecular formula is C30H39N3O8S2. The number of aromatic nitrogens is 1. The molecule has 2 atom stereocenters. The summed E-state index contributed by atoms with van der Waals surface area (Å²) in [6.07, 6.45) is 2.69. The van der Waals surface area contributed by atoms with Crippen molar-refractivity contribution < 1.29 is 36.5 Å². The number of hydrogen-bond acceptors (Lipinski definition) is 10. The van der Waals surface area contributed by atoms with E-state index in [1.54, 1.807) is 42.6 Å². The molecule has 2 fully saturated rings. The van der Waals surface area contributed by atoms with E-state index in [1.165, 1.54) is 30.3 Å². The summed E-state index contributed by atoms with van der Waals surface area (Å²) in [6, 6.07) is 14.7. The van der Waals surface area contributed by atoms with Crippen LogP contribution >= 0.6 is 0 Å². The summed E-state index contributed by atoms with van der Waals surface area (Å²) in [5.41, 5.74) is 0.337. The number of sulfone groups is 1. The first-order valence-electron chi connectivity index (χ1n) is 14.3. The molecule has 5 rings (SSSR count). The molecule has 0 amide bonds. The van der Waals surface area contributed by atoms with Gasteiger partial charge >= 0.3 is 0 Å². The van der Waals surface area contributed by atoms with Crippen LogP contribution in [0.15, 0.2) is 70.6 Å². The van der Waals surface area contributed by atoms with Crippen LogP contribution in [-0.4, -0.2) is 98.3 Å². The van der Waals surface area contributed by atoms with E-state index in [0.29, 0.717) is 44.7 Å². The van der Waals surface area contributed by atoms with Gasteiger partial charge in [-0.2, -0.15) is 4.31 Å². The molecule has 2 aliphatic heterocycles. The zero-order valence-electron chi connectivity index (χ0n) is 24.3. The molecule has 234 valence electrons. The lowest BCUT2D eigenvalue weighted by Gasteiger charge is -2.38. The van der Waals surface area contributed by atoms with E-state index in [4.69, 9.17) is 9.47 Å². The second-order valence-electron chi connectivity index (χ2n) is 11.9. The molecule has 3 N–H and O–H groups in total. The fraction of sp³-hybridized carbons (Fsp3) is 0.500. The van der Waals surface area contributed by atoms with Crippen molar-refractivity contribution in [2.24, 2.45) is 0 Å². The second-order valence-corrected chi connectivity index (χ2v) is 16.4. The molecular weight excluding hydrogens is 594 g/mol. The lowest BCUT2D eigenvalue weighted by atomic mass is 9.88. The topological polar surface area (TPSA) is 155 Å². The molecule has 0 aliphatic carbocycles. The van der Waals surface area contributed by atoms with Gasteiger partial charge in [-0.25, -0.2) is 16.8 Å². The van der Waals surface area contributed by atoms with E-state index in [1.807, 2.05) is 6.07 Å². The highest BCUT2D eigenvalue weighted by Gasteiger charge is 2.44. The summed E-state index contributed by atoms with van der Waals surface area (Å²) in [6.45, 7) is 3.78. The van der Waals surface area contributed by atoms with Crippen LogP contribution in [0.2, 0.25) is 0 Å². The summed E-state index contributed by atoms with van der Waals surface area (Å²) in [5, 5.41) is 24.1. The molecule has 3 heterocycles. The molecule has 2 aliphatic rings. The smallest absolute Gasteiger partial charge is 0.243 e. The summed E-state index contributed by atoms with van der Waals surface area (Å²) in [7, 11) is -7.42. The van der Waals surface area contributed by atoms with Crippen LogP contribution in [0.4, 0.5) is 0 Å². The molecule has 43 heavy (non-hydrogen) atoms. The van der Waals surface area contributed by atoms with Gasteiger partial charge in [-0.05, 0) is 75.6 Å². The third-order valence-corrected chi connectivity index (χ3v) is 12.7. The fourth-order valence-corrected chi connectivity index (χ4v) is 8.32. The lowest BCUT2D eigenvalue weighted by Crippen LogP contribution is -2.47. The van der Waals surface area contributed by atoms with Crippen molar-refractivity contribution in [3.05, 3.63) is 60.8 Å². The van der Waals surface area contributed by atoms with Gasteiger partial charge in [-0.3, -0.25) is 4.98 Å². The van der Waals surface area contributed by atoms with Crippen LogP contribution < -0.4 is 10.1 Å². The summed E-state index contributed by atoms with van der Waals surface area (Å²) >= 11 is 0. The Morgan fingerprint density at radius 1 is 1.09 bits per heavy atom. The molecule has 1 unspecified atom stereocenters. The van der Waals surface area contributed by atoms with Crippen molar-refractivity contribution in [1.82, 2.24) is 14.6 Å². The van der Waals surface area contributed by atoms with E-state index >= 15 is 0 Å². The van der Waals surface area contributed by atoms with Crippen molar-refractivity contribution in [3.8, 4) is 5.75 Å². The molecule has 11 nitrogen and oxygen atoms in total. The van der Waals surface area contributed by atoms with E-state index in [0.717, 1.165) is 10.9 Å². The summed E-state index contributed by atoms with van der Waals surface area (Å²) < 4.78 is 64.3. The second kappa shape index (κ2) is 12.4. The van der Waals surface area contributed by atoms with Gasteiger partial charge in [0.25, 0.3) is 0 Å². The number of sulfonamides is 1. The number of rotatable bonds is 11. The third-order valence-electron chi connectivity index (χ3n) is 8.36. The fourth-order valence-electron chi connectivity index (χ4n) is 5.51. The van der Waals surface area contributed by atoms with Crippen molar-refractivity contribution >= 4 is 30.8 Å². The van der Waals surface area contributed by atoms with E-state index in [-0.39, 0.29) is 29.0 Å². The van der Waals surface area contributed by atoms with Gasteiger partial charge in [0, 0.05) is 37.3 Å². The monoisotopic (exact) mass is 633 g/mol. The Kier molecular flexibility index (Phi) is 9.15. The maximum absolute atomic E-state index is 13.3. The van der Waals surface area contributed by atoms with E-state index < -0.39 is 42.9 Å². The molecule has 13 heteroatoms. The normalized spacial score (nSPS) is 20.4. The van der Waals surface area contributed by atoms with Crippen molar-refractivity contribution in [1.29, 1.82) is 0 Å². The predicted molar refractivity (Wildman–Crippen MR) is 161 cm³/mol. The minimum absolute atomic E-state index is 0.0000195. The van der Waals surface area contributed by atoms with Crippen LogP contribution in [0.5, 0.6) is 5.75 Å². The molecule has 3 aromatic rings. The van der Waals surface area contributed by atoms with Gasteiger partial charge in [0.05, 0.1) is 38.9 Å². The number of piperidine rings is 1. The number of nitrogens with zero attached hydrogens (tertiary/aromatic N) is 2. The average molecular weight is 634 g/mol. The number of pyridine rings is 1. The summed E-state index contributed by atoms with van der Waals surface area (Å²) in [5.74, 6) is 0.305. The first kappa shape index (κ1) is 31.8. The predicted octanol–water partition coefficient (Wildman–Crippen LogP) is 2.12. The number of nitrogens with one attached hydrogen (secondary N) is 1. The Bertz CT molecular complexity index is 1650. The number of fused-ring (bicyclic) bond motifs is 1. The van der Waals surface area contributed by atoms with Gasteiger partial charge in [0.1, 0.15) is 18.5 Å². The van der Waals surface area contributed by atoms with Gasteiger partial charge in [-0.15, -0.1) is 0 Å². The van der Waals surface area contributed by atoms with Gasteiger partial charge in [0.15, 0.2) is 9.84 Å². The third kappa shape index (κ3) is 6.72. The number of hydrogen-bond donors (Lipinski definition) is 3. The quantitative estimate of drug-likeness (QED) is 0.286. The minimum atomic E-state index is -3.78. The Labute approximate surface area is 252 Å². The van der Waals surface area contributed by atoms with Gasteiger partial charge < -0.3 is 25.0 Å². The number of ether oxygens (including phenoxy) is 2. The van der Waals surface area contributed by atoms with Crippen LogP contribution in [0, 0.1) is 0 Å². The van der Waals surface area contributed by atoms with E-state index in [2.05, 4.69) is 10.3 Å². The first-order valence-corrected chi connectivity index (χ1v) is 17.3. The maximum Gasteiger partial charge on any atom is 0.243 e. The molecule has 0 radical (unpaired) electrons. The highest BCUT2D eigenvalue weighted by Crippen LogP contribution is 2.37. The standard InChI is InChI=1S/C30H39N3O8S2/c1-29(2,21-34)42(36,37)26-7-3-6-25(16-26)40-20-24(35)18-32-23-17-30(41-19-23)10-13-33(14-11-30)43(38,39)27-8-9-28-22(15-27)5-4-12-31-28/h3-9,12,15-16,23-24,32,34-35H,10-11,13-14,17-21H2,1-2H3/t23-,24?/m1/s1. The largest absolute Gasteiger partial charge is 0.491 e. The number of aliphatic hydroxyl groups is 2. The minimum Gasteiger partial charge on any atom is -0.491 e. The maximum atomic E-state index is 13.3. The van der Waals surface area contributed by atoms with Crippen LogP contribution in [0.3, 0.4) is 0 Å². The highest BCUT2D eigenvalue weighted by atomic mass is 32.2. The first-order chi connectivity index (χ1) is 20.4. The average Bonchev–Trinajstić information content (AvgIpc) is 3.40. The van der Waals surface area contributed by atoms with Crippen LogP contribution in [0.1, 0.15) is 33.1 Å². The molecule has 1 aromatic heterocycles. The van der Waals surface area contributed by atoms with Crippen LogP contribution in [-0.2, 0) is 24.6 Å². The highest BCUT2D eigenvalue weighted by molar-refractivity contribution is 7.92. The summed E-state index contributed by atoms with van der Waals surface area (Å²) in [4.78, 5) is 4.56. The zero-order chi connectivity index (χ0) is 30.9. The molecule has 2 saturated heterocycles. The number of aliphatic hydroxyl groups excluding tert-OH is 2. The molecule has 1 spiro atoms. The van der Waals surface area contributed by atoms with Crippen molar-refractivity contribution in [2.45, 2.75) is 65.4 Å². The SMILES string of the molecule is CC(C)(CO)S(=O)(=O)c1cccc(OCC(O)CN[C@H]2COC3(CCN(S(=O)(=O)c4ccc5ncccc5c4)CC3)C2)c1. The Morgan fingerprint density at radius 3 is 2.60 bits per heavy atom. The van der Waals surface area contributed by atoms with Gasteiger partial charge in [-0.1, -0.05) is 12.1 Å². The Balaban J connectivity index is 1.09. The number of benzene rings is 2. The van der Waals surface area contributed by atoms with Gasteiger partial charge in [0.2, 0.25) is 10.0 Å². The Morgan fingerprint density at radius 2 is 1.86 bits per heavy atom. The van der Waals surface area contributed by atoms with Crippen LogP contribution in [0.25, 0.3) is 10.9 Å².